The van der Waals surface area contributed by atoms with Gasteiger partial charge in [-0.25, -0.2) is 4.98 Å². The minimum Gasteiger partial charge on any atom is -0.241 e. The Morgan fingerprint density at radius 3 is 2.45 bits per heavy atom. The SMILES string of the molecule is Cc1nc(Cl)ccc1C(C)C. The fourth-order valence-corrected chi connectivity index (χ4v) is 1.34. The summed E-state index contributed by atoms with van der Waals surface area (Å²) in [7, 11) is 0. The molecule has 0 fully saturated rings. The van der Waals surface area contributed by atoms with Crippen LogP contribution in [0.2, 0.25) is 5.15 Å². The molecule has 0 aliphatic rings. The molecule has 0 bridgehead atoms. The van der Waals surface area contributed by atoms with Gasteiger partial charge in [0.15, 0.2) is 0 Å². The van der Waals surface area contributed by atoms with Gasteiger partial charge in [-0.15, -0.1) is 0 Å². The van der Waals surface area contributed by atoms with Crippen LogP contribution in [0.15, 0.2) is 12.1 Å². The van der Waals surface area contributed by atoms with Gasteiger partial charge in [-0.3, -0.25) is 0 Å². The van der Waals surface area contributed by atoms with E-state index in [1.807, 2.05) is 19.1 Å². The Kier molecular flexibility index (Phi) is 2.50. The fourth-order valence-electron chi connectivity index (χ4n) is 1.15. The molecule has 0 unspecified atom stereocenters. The predicted octanol–water partition coefficient (Wildman–Crippen LogP) is 3.17. The number of nitrogens with zero attached hydrogens (tertiary/aromatic N) is 1. The minimum atomic E-state index is 0.528. The van der Waals surface area contributed by atoms with Gasteiger partial charge in [0.1, 0.15) is 5.15 Å². The molecule has 0 aromatic carbocycles. The van der Waals surface area contributed by atoms with E-state index in [2.05, 4.69) is 18.8 Å². The smallest absolute Gasteiger partial charge is 0.129 e. The maximum atomic E-state index is 5.71. The topological polar surface area (TPSA) is 12.9 Å². The second kappa shape index (κ2) is 3.22. The summed E-state index contributed by atoms with van der Waals surface area (Å²) in [6, 6.07) is 3.87. The molecule has 0 amide bonds. The van der Waals surface area contributed by atoms with Crippen molar-refractivity contribution in [3.63, 3.8) is 0 Å². The summed E-state index contributed by atoms with van der Waals surface area (Å²) in [5.74, 6) is 0.528. The Morgan fingerprint density at radius 1 is 1.36 bits per heavy atom. The molecule has 0 radical (unpaired) electrons. The highest BCUT2D eigenvalue weighted by Crippen LogP contribution is 2.18. The first-order chi connectivity index (χ1) is 5.11. The van der Waals surface area contributed by atoms with E-state index >= 15 is 0 Å². The highest BCUT2D eigenvalue weighted by molar-refractivity contribution is 6.29. The molecular weight excluding hydrogens is 158 g/mol. The summed E-state index contributed by atoms with van der Waals surface area (Å²) in [6.07, 6.45) is 0. The molecule has 0 aliphatic heterocycles. The summed E-state index contributed by atoms with van der Waals surface area (Å²) < 4.78 is 0. The zero-order chi connectivity index (χ0) is 8.43. The maximum absolute atomic E-state index is 5.71. The average Bonchev–Trinajstić information content (AvgIpc) is 1.85. The highest BCUT2D eigenvalue weighted by Gasteiger charge is 2.03. The van der Waals surface area contributed by atoms with Crippen molar-refractivity contribution in [3.8, 4) is 0 Å². The first-order valence-corrected chi connectivity index (χ1v) is 4.12. The van der Waals surface area contributed by atoms with Crippen LogP contribution in [0.5, 0.6) is 0 Å². The lowest BCUT2D eigenvalue weighted by molar-refractivity contribution is 0.843. The van der Waals surface area contributed by atoms with Crippen LogP contribution in [0, 0.1) is 6.92 Å². The van der Waals surface area contributed by atoms with Crippen LogP contribution >= 0.6 is 11.6 Å². The van der Waals surface area contributed by atoms with Crippen LogP contribution in [0.4, 0.5) is 0 Å². The second-order valence-corrected chi connectivity index (χ2v) is 3.35. The van der Waals surface area contributed by atoms with Crippen molar-refractivity contribution < 1.29 is 0 Å². The first kappa shape index (κ1) is 8.54. The van der Waals surface area contributed by atoms with Crippen LogP contribution in [0.1, 0.15) is 31.0 Å². The van der Waals surface area contributed by atoms with Crippen LogP contribution in [-0.4, -0.2) is 4.98 Å². The van der Waals surface area contributed by atoms with Crippen LogP contribution in [0.25, 0.3) is 0 Å². The third-order valence-corrected chi connectivity index (χ3v) is 1.93. The molecule has 0 spiro atoms. The van der Waals surface area contributed by atoms with Gasteiger partial charge >= 0.3 is 0 Å². The minimum absolute atomic E-state index is 0.528. The molecule has 1 rings (SSSR count). The van der Waals surface area contributed by atoms with E-state index in [-0.39, 0.29) is 0 Å². The Balaban J connectivity index is 3.09. The average molecular weight is 170 g/mol. The number of pyridine rings is 1. The maximum Gasteiger partial charge on any atom is 0.129 e. The van der Waals surface area contributed by atoms with Crippen molar-refractivity contribution in [3.05, 3.63) is 28.5 Å². The molecule has 0 aliphatic carbocycles. The lowest BCUT2D eigenvalue weighted by Crippen LogP contribution is -1.94. The summed E-state index contributed by atoms with van der Waals surface area (Å²) in [6.45, 7) is 6.29. The monoisotopic (exact) mass is 169 g/mol. The zero-order valence-electron chi connectivity index (χ0n) is 7.06. The molecule has 60 valence electrons. The Labute approximate surface area is 72.4 Å². The standard InChI is InChI=1S/C9H12ClN/c1-6(2)8-4-5-9(10)11-7(8)3/h4-6H,1-3H3. The van der Waals surface area contributed by atoms with Crippen molar-refractivity contribution in [1.82, 2.24) is 4.98 Å². The Morgan fingerprint density at radius 2 is 2.00 bits per heavy atom. The lowest BCUT2D eigenvalue weighted by Gasteiger charge is -2.07. The number of hydrogen-bond donors (Lipinski definition) is 0. The fraction of sp³-hybridized carbons (Fsp3) is 0.444. The molecular formula is C9H12ClN. The molecule has 0 N–H and O–H groups in total. The molecule has 1 heterocycles. The van der Waals surface area contributed by atoms with Crippen LogP contribution in [0.3, 0.4) is 0 Å². The van der Waals surface area contributed by atoms with E-state index in [4.69, 9.17) is 11.6 Å². The van der Waals surface area contributed by atoms with Gasteiger partial charge in [-0.05, 0) is 24.5 Å². The molecule has 1 aromatic rings. The highest BCUT2D eigenvalue weighted by atomic mass is 35.5. The van der Waals surface area contributed by atoms with Crippen molar-refractivity contribution in [2.45, 2.75) is 26.7 Å². The number of hydrogen-bond acceptors (Lipinski definition) is 1. The quantitative estimate of drug-likeness (QED) is 0.589. The van der Waals surface area contributed by atoms with Crippen molar-refractivity contribution in [1.29, 1.82) is 0 Å². The molecule has 0 saturated heterocycles. The van der Waals surface area contributed by atoms with Gasteiger partial charge in [0, 0.05) is 5.69 Å². The van der Waals surface area contributed by atoms with Crippen LogP contribution < -0.4 is 0 Å². The molecule has 11 heavy (non-hydrogen) atoms. The van der Waals surface area contributed by atoms with Gasteiger partial charge in [0.2, 0.25) is 0 Å². The molecule has 0 atom stereocenters. The van der Waals surface area contributed by atoms with E-state index in [0.29, 0.717) is 11.1 Å². The Bertz CT molecular complexity index is 256. The number of aryl methyl sites for hydroxylation is 1. The third-order valence-electron chi connectivity index (χ3n) is 1.71. The van der Waals surface area contributed by atoms with E-state index in [0.717, 1.165) is 5.69 Å². The third kappa shape index (κ3) is 1.93. The molecule has 1 nitrogen and oxygen atoms in total. The van der Waals surface area contributed by atoms with Crippen molar-refractivity contribution in [2.75, 3.05) is 0 Å². The molecule has 1 aromatic heterocycles. The predicted molar refractivity (Wildman–Crippen MR) is 48.1 cm³/mol. The first-order valence-electron chi connectivity index (χ1n) is 3.74. The van der Waals surface area contributed by atoms with Gasteiger partial charge in [-0.1, -0.05) is 31.5 Å². The molecule has 0 saturated carbocycles. The van der Waals surface area contributed by atoms with Gasteiger partial charge in [-0.2, -0.15) is 0 Å². The largest absolute Gasteiger partial charge is 0.241 e. The summed E-state index contributed by atoms with van der Waals surface area (Å²) in [4.78, 5) is 4.16. The van der Waals surface area contributed by atoms with E-state index in [9.17, 15) is 0 Å². The second-order valence-electron chi connectivity index (χ2n) is 2.96. The summed E-state index contributed by atoms with van der Waals surface area (Å²) >= 11 is 5.71. The van der Waals surface area contributed by atoms with Crippen molar-refractivity contribution >= 4 is 11.6 Å². The van der Waals surface area contributed by atoms with Crippen LogP contribution in [-0.2, 0) is 0 Å². The Hall–Kier alpha value is -0.560. The normalized spacial score (nSPS) is 10.6. The van der Waals surface area contributed by atoms with E-state index in [1.54, 1.807) is 0 Å². The summed E-state index contributed by atoms with van der Waals surface area (Å²) in [5.41, 5.74) is 2.31. The molecule has 2 heteroatoms. The number of rotatable bonds is 1. The van der Waals surface area contributed by atoms with Gasteiger partial charge in [0.25, 0.3) is 0 Å². The zero-order valence-corrected chi connectivity index (χ0v) is 7.81. The number of aromatic nitrogens is 1. The summed E-state index contributed by atoms with van der Waals surface area (Å²) in [5, 5.41) is 0.576. The number of halogens is 1. The van der Waals surface area contributed by atoms with Gasteiger partial charge < -0.3 is 0 Å². The van der Waals surface area contributed by atoms with E-state index < -0.39 is 0 Å². The van der Waals surface area contributed by atoms with E-state index in [1.165, 1.54) is 5.56 Å². The van der Waals surface area contributed by atoms with Crippen molar-refractivity contribution in [2.24, 2.45) is 0 Å². The lowest BCUT2D eigenvalue weighted by atomic mass is 10.0. The van der Waals surface area contributed by atoms with Gasteiger partial charge in [0.05, 0.1) is 0 Å².